The maximum absolute atomic E-state index is 5.75. The molecule has 0 unspecified atom stereocenters. The molecule has 0 spiro atoms. The molecule has 0 saturated heterocycles. The van der Waals surface area contributed by atoms with E-state index in [-0.39, 0.29) is 0 Å². The van der Waals surface area contributed by atoms with Crippen molar-refractivity contribution in [3.05, 3.63) is 29.3 Å². The lowest BCUT2D eigenvalue weighted by molar-refractivity contribution is 0.301. The first-order valence-electron chi connectivity index (χ1n) is 6.29. The molecule has 0 atom stereocenters. The smallest absolute Gasteiger partial charge is 0.119 e. The first kappa shape index (κ1) is 13.1. The van der Waals surface area contributed by atoms with Gasteiger partial charge in [-0.15, -0.1) is 0 Å². The molecule has 0 fully saturated rings. The van der Waals surface area contributed by atoms with Crippen molar-refractivity contribution in [1.29, 1.82) is 0 Å². The fourth-order valence-corrected chi connectivity index (χ4v) is 1.86. The Kier molecular flexibility index (Phi) is 5.37. The molecule has 0 aliphatic rings. The third-order valence-electron chi connectivity index (χ3n) is 2.64. The van der Waals surface area contributed by atoms with Crippen LogP contribution in [-0.2, 0) is 0 Å². The van der Waals surface area contributed by atoms with E-state index in [4.69, 9.17) is 4.74 Å². The second kappa shape index (κ2) is 6.57. The van der Waals surface area contributed by atoms with Crippen LogP contribution in [0.5, 0.6) is 5.75 Å². The van der Waals surface area contributed by atoms with Gasteiger partial charge in [-0.25, -0.2) is 0 Å². The average molecular weight is 220 g/mol. The van der Waals surface area contributed by atoms with Crippen LogP contribution in [0.15, 0.2) is 18.2 Å². The Morgan fingerprint density at radius 2 is 1.62 bits per heavy atom. The van der Waals surface area contributed by atoms with Crippen LogP contribution < -0.4 is 4.74 Å². The summed E-state index contributed by atoms with van der Waals surface area (Å²) >= 11 is 0. The molecule has 0 saturated carbocycles. The van der Waals surface area contributed by atoms with Crippen molar-refractivity contribution in [3.63, 3.8) is 0 Å². The lowest BCUT2D eigenvalue weighted by atomic mass is 10.1. The van der Waals surface area contributed by atoms with E-state index >= 15 is 0 Å². The van der Waals surface area contributed by atoms with Crippen LogP contribution in [-0.4, -0.2) is 6.61 Å². The summed E-state index contributed by atoms with van der Waals surface area (Å²) in [6, 6.07) is 6.39. The van der Waals surface area contributed by atoms with E-state index in [2.05, 4.69) is 45.9 Å². The minimum atomic E-state index is 0.807. The van der Waals surface area contributed by atoms with Crippen LogP contribution in [0, 0.1) is 19.8 Å². The Morgan fingerprint density at radius 1 is 1.00 bits per heavy atom. The monoisotopic (exact) mass is 220 g/mol. The molecule has 90 valence electrons. The second-order valence-electron chi connectivity index (χ2n) is 5.06. The molecule has 0 amide bonds. The molecule has 0 aliphatic carbocycles. The Bertz CT molecular complexity index is 295. The third kappa shape index (κ3) is 5.20. The molecule has 1 aromatic carbocycles. The van der Waals surface area contributed by atoms with Crippen LogP contribution in [0.4, 0.5) is 0 Å². The van der Waals surface area contributed by atoms with Crippen molar-refractivity contribution < 1.29 is 4.74 Å². The lowest BCUT2D eigenvalue weighted by Gasteiger charge is -2.08. The van der Waals surface area contributed by atoms with Gasteiger partial charge in [-0.1, -0.05) is 26.3 Å². The second-order valence-corrected chi connectivity index (χ2v) is 5.06. The van der Waals surface area contributed by atoms with Crippen LogP contribution in [0.2, 0.25) is 0 Å². The summed E-state index contributed by atoms with van der Waals surface area (Å²) in [7, 11) is 0. The highest BCUT2D eigenvalue weighted by Crippen LogP contribution is 2.16. The number of unbranched alkanes of at least 4 members (excludes halogenated alkanes) is 1. The predicted molar refractivity (Wildman–Crippen MR) is 70.1 cm³/mol. The van der Waals surface area contributed by atoms with Crippen molar-refractivity contribution in [1.82, 2.24) is 0 Å². The number of aryl methyl sites for hydroxylation is 2. The number of ether oxygens (including phenoxy) is 1. The van der Waals surface area contributed by atoms with E-state index in [1.54, 1.807) is 0 Å². The Hall–Kier alpha value is -0.980. The number of benzene rings is 1. The summed E-state index contributed by atoms with van der Waals surface area (Å²) in [5.74, 6) is 1.82. The maximum atomic E-state index is 5.75. The van der Waals surface area contributed by atoms with Gasteiger partial charge in [0.05, 0.1) is 6.61 Å². The topological polar surface area (TPSA) is 9.23 Å². The van der Waals surface area contributed by atoms with Gasteiger partial charge in [-0.05, 0) is 55.9 Å². The standard InChI is InChI=1S/C15H24O/c1-12(2)7-5-6-8-16-15-10-13(3)9-14(4)11-15/h9-12H,5-8H2,1-4H3. The molecule has 16 heavy (non-hydrogen) atoms. The van der Waals surface area contributed by atoms with Crippen LogP contribution in [0.25, 0.3) is 0 Å². The summed E-state index contributed by atoms with van der Waals surface area (Å²) in [5, 5.41) is 0. The summed E-state index contributed by atoms with van der Waals surface area (Å²) < 4.78 is 5.75. The SMILES string of the molecule is Cc1cc(C)cc(OCCCCC(C)C)c1. The molecule has 1 nitrogen and oxygen atoms in total. The molecule has 0 radical (unpaired) electrons. The highest BCUT2D eigenvalue weighted by atomic mass is 16.5. The van der Waals surface area contributed by atoms with E-state index in [0.29, 0.717) is 0 Å². The van der Waals surface area contributed by atoms with E-state index in [9.17, 15) is 0 Å². The van der Waals surface area contributed by atoms with E-state index in [1.807, 2.05) is 0 Å². The number of hydrogen-bond donors (Lipinski definition) is 0. The van der Waals surface area contributed by atoms with Gasteiger partial charge in [0.25, 0.3) is 0 Å². The maximum Gasteiger partial charge on any atom is 0.119 e. The highest BCUT2D eigenvalue weighted by Gasteiger charge is 1.98. The molecule has 1 heteroatoms. The normalized spacial score (nSPS) is 10.8. The zero-order chi connectivity index (χ0) is 12.0. The number of rotatable bonds is 6. The van der Waals surface area contributed by atoms with Crippen LogP contribution >= 0.6 is 0 Å². The molecule has 0 bridgehead atoms. The minimum absolute atomic E-state index is 0.807. The predicted octanol–water partition coefficient (Wildman–Crippen LogP) is 4.51. The zero-order valence-electron chi connectivity index (χ0n) is 11.0. The Labute approximate surface area is 99.8 Å². The molecule has 1 aromatic rings. The van der Waals surface area contributed by atoms with Gasteiger partial charge >= 0.3 is 0 Å². The fraction of sp³-hybridized carbons (Fsp3) is 0.600. The van der Waals surface area contributed by atoms with Gasteiger partial charge in [-0.2, -0.15) is 0 Å². The Morgan fingerprint density at radius 3 is 2.19 bits per heavy atom. The average Bonchev–Trinajstić information content (AvgIpc) is 2.15. The van der Waals surface area contributed by atoms with Crippen molar-refractivity contribution in [3.8, 4) is 5.75 Å². The molecular formula is C15H24O. The van der Waals surface area contributed by atoms with Crippen LogP contribution in [0.3, 0.4) is 0 Å². The largest absolute Gasteiger partial charge is 0.494 e. The fourth-order valence-electron chi connectivity index (χ4n) is 1.86. The lowest BCUT2D eigenvalue weighted by Crippen LogP contribution is -1.99. The van der Waals surface area contributed by atoms with Gasteiger partial charge in [0, 0.05) is 0 Å². The van der Waals surface area contributed by atoms with Gasteiger partial charge in [0.1, 0.15) is 5.75 Å². The molecule has 0 aliphatic heterocycles. The third-order valence-corrected chi connectivity index (χ3v) is 2.64. The van der Waals surface area contributed by atoms with E-state index < -0.39 is 0 Å². The Balaban J connectivity index is 2.26. The highest BCUT2D eigenvalue weighted by molar-refractivity contribution is 5.32. The van der Waals surface area contributed by atoms with Gasteiger partial charge < -0.3 is 4.74 Å². The first-order valence-corrected chi connectivity index (χ1v) is 6.29. The molecule has 1 rings (SSSR count). The summed E-state index contributed by atoms with van der Waals surface area (Å²) in [4.78, 5) is 0. The molecule has 0 heterocycles. The van der Waals surface area contributed by atoms with Gasteiger partial charge in [0.2, 0.25) is 0 Å². The zero-order valence-corrected chi connectivity index (χ0v) is 11.0. The summed E-state index contributed by atoms with van der Waals surface area (Å²) in [5.41, 5.74) is 2.55. The van der Waals surface area contributed by atoms with Crippen molar-refractivity contribution in [2.45, 2.75) is 47.0 Å². The summed E-state index contributed by atoms with van der Waals surface area (Å²) in [6.45, 7) is 9.60. The molecular weight excluding hydrogens is 196 g/mol. The molecule has 0 aromatic heterocycles. The minimum Gasteiger partial charge on any atom is -0.494 e. The van der Waals surface area contributed by atoms with Crippen molar-refractivity contribution in [2.75, 3.05) is 6.61 Å². The summed E-state index contributed by atoms with van der Waals surface area (Å²) in [6.07, 6.45) is 3.73. The van der Waals surface area contributed by atoms with Gasteiger partial charge in [-0.3, -0.25) is 0 Å². The quantitative estimate of drug-likeness (QED) is 0.641. The van der Waals surface area contributed by atoms with Crippen molar-refractivity contribution in [2.24, 2.45) is 5.92 Å². The van der Waals surface area contributed by atoms with E-state index in [0.717, 1.165) is 24.7 Å². The van der Waals surface area contributed by atoms with Crippen LogP contribution in [0.1, 0.15) is 44.2 Å². The van der Waals surface area contributed by atoms with Gasteiger partial charge in [0.15, 0.2) is 0 Å². The number of hydrogen-bond acceptors (Lipinski definition) is 1. The first-order chi connectivity index (χ1) is 7.58. The molecule has 0 N–H and O–H groups in total. The van der Waals surface area contributed by atoms with E-state index in [1.165, 1.54) is 24.0 Å². The van der Waals surface area contributed by atoms with Crippen molar-refractivity contribution >= 4 is 0 Å².